The van der Waals surface area contributed by atoms with Crippen molar-refractivity contribution in [3.63, 3.8) is 0 Å². The van der Waals surface area contributed by atoms with Crippen molar-refractivity contribution in [1.82, 2.24) is 24.5 Å². The zero-order valence-corrected chi connectivity index (χ0v) is 18.1. The van der Waals surface area contributed by atoms with Crippen LogP contribution in [0.25, 0.3) is 27.6 Å². The van der Waals surface area contributed by atoms with Gasteiger partial charge in [0.2, 0.25) is 0 Å². The second kappa shape index (κ2) is 7.22. The lowest BCUT2D eigenvalue weighted by molar-refractivity contribution is 0.132. The molecule has 0 saturated carbocycles. The predicted octanol–water partition coefficient (Wildman–Crippen LogP) is 5.11. The fraction of sp³-hybridized carbons (Fsp3) is 0.0500. The molecule has 150 valence electrons. The van der Waals surface area contributed by atoms with Crippen molar-refractivity contribution >= 4 is 53.7 Å². The second-order valence-electron chi connectivity index (χ2n) is 6.58. The number of aliphatic hydroxyl groups excluding tert-OH is 1. The van der Waals surface area contributed by atoms with Crippen molar-refractivity contribution in [2.75, 3.05) is 0 Å². The van der Waals surface area contributed by atoms with Gasteiger partial charge in [0.15, 0.2) is 12.0 Å². The van der Waals surface area contributed by atoms with Crippen LogP contribution in [-0.4, -0.2) is 29.7 Å². The summed E-state index contributed by atoms with van der Waals surface area (Å²) in [6.07, 6.45) is 1.51. The van der Waals surface area contributed by atoms with E-state index in [4.69, 9.17) is 0 Å². The van der Waals surface area contributed by atoms with E-state index in [0.29, 0.717) is 31.2 Å². The molecule has 30 heavy (non-hydrogen) atoms. The standard InChI is InChI=1S/C20H11Br2F2N5O/c21-10-4-14(23)12-8-25-28(17(12)6-10)19-3-1-2-16(27-19)20(30)29-18-7-11(22)5-15(24)13(18)9-26-29/h1-9,20,30H. The molecule has 3 heterocycles. The first kappa shape index (κ1) is 19.3. The molecule has 5 rings (SSSR count). The Balaban J connectivity index is 1.61. The molecule has 10 heteroatoms. The lowest BCUT2D eigenvalue weighted by Gasteiger charge is -2.13. The first-order valence-corrected chi connectivity index (χ1v) is 10.3. The molecule has 5 aromatic rings. The van der Waals surface area contributed by atoms with Gasteiger partial charge in [-0.1, -0.05) is 37.9 Å². The Kier molecular flexibility index (Phi) is 4.64. The molecule has 0 fully saturated rings. The summed E-state index contributed by atoms with van der Waals surface area (Å²) in [6.45, 7) is 0. The average Bonchev–Trinajstić information content (AvgIpc) is 3.32. The van der Waals surface area contributed by atoms with Crippen LogP contribution in [-0.2, 0) is 0 Å². The van der Waals surface area contributed by atoms with Crippen LogP contribution in [0, 0.1) is 11.6 Å². The molecule has 0 radical (unpaired) electrons. The Morgan fingerprint density at radius 3 is 2.23 bits per heavy atom. The highest BCUT2D eigenvalue weighted by Crippen LogP contribution is 2.28. The fourth-order valence-electron chi connectivity index (χ4n) is 3.33. The van der Waals surface area contributed by atoms with E-state index in [-0.39, 0.29) is 11.1 Å². The molecular formula is C20H11Br2F2N5O. The van der Waals surface area contributed by atoms with E-state index in [1.165, 1.54) is 33.9 Å². The van der Waals surface area contributed by atoms with Crippen LogP contribution in [0.5, 0.6) is 0 Å². The predicted molar refractivity (Wildman–Crippen MR) is 114 cm³/mol. The Hall–Kier alpha value is -2.69. The number of rotatable bonds is 3. The Morgan fingerprint density at radius 1 is 0.867 bits per heavy atom. The maximum Gasteiger partial charge on any atom is 0.191 e. The number of aromatic nitrogens is 5. The minimum absolute atomic E-state index is 0.275. The highest BCUT2D eigenvalue weighted by atomic mass is 79.9. The van der Waals surface area contributed by atoms with Crippen molar-refractivity contribution in [3.8, 4) is 5.82 Å². The summed E-state index contributed by atoms with van der Waals surface area (Å²) in [4.78, 5) is 4.48. The summed E-state index contributed by atoms with van der Waals surface area (Å²) in [5.74, 6) is -0.463. The number of pyridine rings is 1. The lowest BCUT2D eigenvalue weighted by atomic mass is 10.2. The van der Waals surface area contributed by atoms with Gasteiger partial charge in [-0.2, -0.15) is 10.2 Å². The first-order chi connectivity index (χ1) is 14.4. The fourth-order valence-corrected chi connectivity index (χ4v) is 4.16. The maximum absolute atomic E-state index is 14.2. The largest absolute Gasteiger partial charge is 0.367 e. The zero-order valence-electron chi connectivity index (χ0n) is 15.0. The smallest absolute Gasteiger partial charge is 0.191 e. The average molecular weight is 535 g/mol. The van der Waals surface area contributed by atoms with E-state index in [1.807, 2.05) is 0 Å². The van der Waals surface area contributed by atoms with Gasteiger partial charge in [-0.25, -0.2) is 23.1 Å². The lowest BCUT2D eigenvalue weighted by Crippen LogP contribution is -2.14. The van der Waals surface area contributed by atoms with E-state index >= 15 is 0 Å². The SMILES string of the molecule is OC(c1cccc(-n2ncc3c(F)cc(Br)cc32)n1)n1ncc2c(F)cc(Br)cc21. The van der Waals surface area contributed by atoms with E-state index < -0.39 is 17.9 Å². The molecule has 0 aliphatic rings. The van der Waals surface area contributed by atoms with Gasteiger partial charge in [0.1, 0.15) is 11.6 Å². The van der Waals surface area contributed by atoms with Gasteiger partial charge in [0.05, 0.1) is 39.9 Å². The highest BCUT2D eigenvalue weighted by Gasteiger charge is 2.19. The summed E-state index contributed by atoms with van der Waals surface area (Å²) < 4.78 is 32.2. The van der Waals surface area contributed by atoms with E-state index in [0.717, 1.165) is 0 Å². The molecule has 0 aliphatic carbocycles. The number of aliphatic hydroxyl groups is 1. The number of hydrogen-bond acceptors (Lipinski definition) is 4. The van der Waals surface area contributed by atoms with Crippen molar-refractivity contribution < 1.29 is 13.9 Å². The summed E-state index contributed by atoms with van der Waals surface area (Å²) in [7, 11) is 0. The first-order valence-electron chi connectivity index (χ1n) is 8.73. The topological polar surface area (TPSA) is 68.8 Å². The third kappa shape index (κ3) is 3.11. The van der Waals surface area contributed by atoms with Crippen molar-refractivity contribution in [3.05, 3.63) is 81.1 Å². The molecule has 0 bridgehead atoms. The second-order valence-corrected chi connectivity index (χ2v) is 8.41. The van der Waals surface area contributed by atoms with Crippen LogP contribution < -0.4 is 0 Å². The van der Waals surface area contributed by atoms with Gasteiger partial charge in [-0.15, -0.1) is 0 Å². The normalized spacial score (nSPS) is 12.7. The Bertz CT molecular complexity index is 1430. The van der Waals surface area contributed by atoms with Gasteiger partial charge < -0.3 is 5.11 Å². The molecule has 2 aromatic carbocycles. The molecular weight excluding hydrogens is 524 g/mol. The zero-order chi connectivity index (χ0) is 21.0. The molecule has 1 unspecified atom stereocenters. The van der Waals surface area contributed by atoms with Gasteiger partial charge >= 0.3 is 0 Å². The number of hydrogen-bond donors (Lipinski definition) is 1. The molecule has 3 aromatic heterocycles. The monoisotopic (exact) mass is 533 g/mol. The number of halogens is 4. The summed E-state index contributed by atoms with van der Waals surface area (Å²) in [5.41, 5.74) is 1.21. The number of fused-ring (bicyclic) bond motifs is 2. The van der Waals surface area contributed by atoms with E-state index in [9.17, 15) is 13.9 Å². The van der Waals surface area contributed by atoms with Crippen LogP contribution in [0.2, 0.25) is 0 Å². The van der Waals surface area contributed by atoms with Crippen molar-refractivity contribution in [2.24, 2.45) is 0 Å². The Labute approximate surface area is 185 Å². The summed E-state index contributed by atoms with van der Waals surface area (Å²) in [6, 6.07) is 11.1. The highest BCUT2D eigenvalue weighted by molar-refractivity contribution is 9.10. The third-order valence-electron chi connectivity index (χ3n) is 4.70. The minimum Gasteiger partial charge on any atom is -0.367 e. The van der Waals surface area contributed by atoms with Crippen LogP contribution in [0.1, 0.15) is 11.9 Å². The van der Waals surface area contributed by atoms with Gasteiger partial charge in [0, 0.05) is 8.95 Å². The Morgan fingerprint density at radius 2 is 1.50 bits per heavy atom. The number of nitrogens with zero attached hydrogens (tertiary/aromatic N) is 5. The number of benzene rings is 2. The van der Waals surface area contributed by atoms with Gasteiger partial charge in [-0.05, 0) is 36.4 Å². The maximum atomic E-state index is 14.2. The summed E-state index contributed by atoms with van der Waals surface area (Å²) >= 11 is 6.54. The molecule has 1 N–H and O–H groups in total. The van der Waals surface area contributed by atoms with E-state index in [2.05, 4.69) is 47.0 Å². The third-order valence-corrected chi connectivity index (χ3v) is 5.62. The van der Waals surface area contributed by atoms with Crippen molar-refractivity contribution in [2.45, 2.75) is 6.23 Å². The van der Waals surface area contributed by atoms with Crippen LogP contribution >= 0.6 is 31.9 Å². The molecule has 0 saturated heterocycles. The van der Waals surface area contributed by atoms with Crippen LogP contribution in [0.15, 0.2) is 63.8 Å². The molecule has 0 amide bonds. The van der Waals surface area contributed by atoms with E-state index in [1.54, 1.807) is 30.3 Å². The minimum atomic E-state index is -1.26. The van der Waals surface area contributed by atoms with Crippen LogP contribution in [0.3, 0.4) is 0 Å². The molecule has 1 atom stereocenters. The quantitative estimate of drug-likeness (QED) is 0.349. The molecule has 0 aliphatic heterocycles. The van der Waals surface area contributed by atoms with Gasteiger partial charge in [-0.3, -0.25) is 0 Å². The molecule has 6 nitrogen and oxygen atoms in total. The van der Waals surface area contributed by atoms with Gasteiger partial charge in [0.25, 0.3) is 0 Å². The van der Waals surface area contributed by atoms with Crippen LogP contribution in [0.4, 0.5) is 8.78 Å². The summed E-state index contributed by atoms with van der Waals surface area (Å²) in [5, 5.41) is 19.9. The van der Waals surface area contributed by atoms with Crippen molar-refractivity contribution in [1.29, 1.82) is 0 Å². The molecule has 0 spiro atoms.